The van der Waals surface area contributed by atoms with Crippen molar-refractivity contribution in [3.05, 3.63) is 51.9 Å². The van der Waals surface area contributed by atoms with E-state index in [2.05, 4.69) is 0 Å². The summed E-state index contributed by atoms with van der Waals surface area (Å²) >= 11 is 0. The van der Waals surface area contributed by atoms with E-state index in [1.165, 1.54) is 0 Å². The van der Waals surface area contributed by atoms with Gasteiger partial charge in [0.2, 0.25) is 5.43 Å². The van der Waals surface area contributed by atoms with Gasteiger partial charge in [0.15, 0.2) is 17.6 Å². The number of hydrogen-bond acceptors (Lipinski definition) is 7. The number of rotatable bonds is 7. The predicted molar refractivity (Wildman–Crippen MR) is 124 cm³/mol. The smallest absolute Gasteiger partial charge is 0.347 e. The molecule has 3 aromatic rings. The van der Waals surface area contributed by atoms with E-state index in [1.807, 2.05) is 25.1 Å². The second kappa shape index (κ2) is 9.57. The topological polar surface area (TPSA) is 84.2 Å². The van der Waals surface area contributed by atoms with Crippen LogP contribution in [0.5, 0.6) is 17.2 Å². The number of benzene rings is 2. The van der Waals surface area contributed by atoms with Gasteiger partial charge < -0.3 is 23.4 Å². The molecule has 0 saturated carbocycles. The molecular weight excluding hydrogens is 424 g/mol. The maximum atomic E-state index is 13.6. The van der Waals surface area contributed by atoms with Crippen LogP contribution in [0.1, 0.15) is 38.5 Å². The van der Waals surface area contributed by atoms with Crippen molar-refractivity contribution in [2.75, 3.05) is 19.8 Å². The third-order valence-corrected chi connectivity index (χ3v) is 5.52. The van der Waals surface area contributed by atoms with Crippen LogP contribution < -0.4 is 19.6 Å². The van der Waals surface area contributed by atoms with Gasteiger partial charge in [-0.05, 0) is 56.5 Å². The number of hydrogen-bond donors (Lipinski definition) is 0. The molecule has 0 radical (unpaired) electrons. The van der Waals surface area contributed by atoms with Crippen molar-refractivity contribution in [1.29, 1.82) is 0 Å². The third kappa shape index (κ3) is 4.53. The van der Waals surface area contributed by atoms with E-state index in [4.69, 9.17) is 23.4 Å². The molecule has 7 heteroatoms. The Labute approximate surface area is 192 Å². The Morgan fingerprint density at radius 1 is 1.09 bits per heavy atom. The van der Waals surface area contributed by atoms with Gasteiger partial charge in [-0.15, -0.1) is 0 Å². The van der Waals surface area contributed by atoms with Crippen LogP contribution in [0.2, 0.25) is 0 Å². The third-order valence-electron chi connectivity index (χ3n) is 5.52. The van der Waals surface area contributed by atoms with Crippen molar-refractivity contribution in [3.63, 3.8) is 0 Å². The molecule has 0 fully saturated rings. The Morgan fingerprint density at radius 2 is 1.85 bits per heavy atom. The standard InChI is InChI=1S/C26H28O7/c1-5-7-17-12-19-22(14-21(17)33-16(4)26(28)29-6-2)32-15(3)24(25(19)27)18-8-9-20-23(13-18)31-11-10-30-20/h8-9,12-14,16H,5-7,10-11H2,1-4H3. The number of esters is 1. The van der Waals surface area contributed by atoms with Crippen LogP contribution in [-0.4, -0.2) is 31.9 Å². The molecule has 1 aliphatic rings. The monoisotopic (exact) mass is 452 g/mol. The average molecular weight is 453 g/mol. The lowest BCUT2D eigenvalue weighted by Crippen LogP contribution is -2.26. The summed E-state index contributed by atoms with van der Waals surface area (Å²) < 4.78 is 28.3. The van der Waals surface area contributed by atoms with Crippen LogP contribution >= 0.6 is 0 Å². The maximum Gasteiger partial charge on any atom is 0.347 e. The predicted octanol–water partition coefficient (Wildman–Crippen LogP) is 4.82. The zero-order valence-corrected chi connectivity index (χ0v) is 19.4. The van der Waals surface area contributed by atoms with Gasteiger partial charge in [-0.3, -0.25) is 4.79 Å². The molecule has 0 spiro atoms. The van der Waals surface area contributed by atoms with Gasteiger partial charge in [0.25, 0.3) is 0 Å². The van der Waals surface area contributed by atoms with Crippen molar-refractivity contribution in [2.45, 2.75) is 46.6 Å². The molecule has 174 valence electrons. The molecule has 0 aliphatic carbocycles. The SMILES string of the molecule is CCCc1cc2c(=O)c(-c3ccc4c(c3)OCCO4)c(C)oc2cc1OC(C)C(=O)OCC. The second-order valence-electron chi connectivity index (χ2n) is 7.94. The van der Waals surface area contributed by atoms with Gasteiger partial charge in [0, 0.05) is 6.07 Å². The van der Waals surface area contributed by atoms with Gasteiger partial charge in [0.05, 0.1) is 17.6 Å². The first-order valence-corrected chi connectivity index (χ1v) is 11.3. The summed E-state index contributed by atoms with van der Waals surface area (Å²) in [5, 5.41) is 0.463. The summed E-state index contributed by atoms with van der Waals surface area (Å²) in [6.45, 7) is 8.45. The van der Waals surface area contributed by atoms with Gasteiger partial charge >= 0.3 is 5.97 Å². The summed E-state index contributed by atoms with van der Waals surface area (Å²) in [7, 11) is 0. The highest BCUT2D eigenvalue weighted by atomic mass is 16.6. The van der Waals surface area contributed by atoms with E-state index >= 15 is 0 Å². The van der Waals surface area contributed by atoms with Crippen molar-refractivity contribution >= 4 is 16.9 Å². The molecule has 1 unspecified atom stereocenters. The highest BCUT2D eigenvalue weighted by Gasteiger charge is 2.21. The van der Waals surface area contributed by atoms with Crippen LogP contribution in [0.3, 0.4) is 0 Å². The van der Waals surface area contributed by atoms with Crippen LogP contribution in [0.25, 0.3) is 22.1 Å². The fraction of sp³-hybridized carbons (Fsp3) is 0.385. The number of carbonyl (C=O) groups excluding carboxylic acids is 1. The zero-order chi connectivity index (χ0) is 23.5. The highest BCUT2D eigenvalue weighted by Crippen LogP contribution is 2.36. The fourth-order valence-electron chi connectivity index (χ4n) is 3.98. The molecule has 0 N–H and O–H groups in total. The number of aryl methyl sites for hydroxylation is 2. The lowest BCUT2D eigenvalue weighted by Gasteiger charge is -2.19. The van der Waals surface area contributed by atoms with E-state index in [-0.39, 0.29) is 12.0 Å². The summed E-state index contributed by atoms with van der Waals surface area (Å²) in [5.74, 6) is 1.83. The van der Waals surface area contributed by atoms with Gasteiger partial charge in [-0.1, -0.05) is 19.4 Å². The first kappa shape index (κ1) is 22.7. The molecule has 33 heavy (non-hydrogen) atoms. The zero-order valence-electron chi connectivity index (χ0n) is 19.4. The number of carbonyl (C=O) groups is 1. The van der Waals surface area contributed by atoms with Crippen molar-refractivity contribution in [1.82, 2.24) is 0 Å². The lowest BCUT2D eigenvalue weighted by atomic mass is 9.99. The van der Waals surface area contributed by atoms with Crippen LogP contribution in [0.15, 0.2) is 39.5 Å². The van der Waals surface area contributed by atoms with Gasteiger partial charge in [-0.25, -0.2) is 4.79 Å². The van der Waals surface area contributed by atoms with Gasteiger partial charge in [-0.2, -0.15) is 0 Å². The first-order valence-electron chi connectivity index (χ1n) is 11.3. The van der Waals surface area contributed by atoms with Crippen molar-refractivity contribution in [3.8, 4) is 28.4 Å². The molecular formula is C26H28O7. The molecule has 1 aromatic heterocycles. The first-order chi connectivity index (χ1) is 15.9. The lowest BCUT2D eigenvalue weighted by molar-refractivity contribution is -0.150. The minimum absolute atomic E-state index is 0.132. The van der Waals surface area contributed by atoms with E-state index in [0.717, 1.165) is 12.0 Å². The highest BCUT2D eigenvalue weighted by molar-refractivity contribution is 5.85. The van der Waals surface area contributed by atoms with Crippen LogP contribution in [0, 0.1) is 6.92 Å². The van der Waals surface area contributed by atoms with Crippen molar-refractivity contribution < 1.29 is 28.2 Å². The normalized spacial score (nSPS) is 13.6. The Balaban J connectivity index is 1.80. The largest absolute Gasteiger partial charge is 0.486 e. The Kier molecular flexibility index (Phi) is 6.58. The molecule has 2 heterocycles. The minimum atomic E-state index is -0.775. The van der Waals surface area contributed by atoms with Crippen LogP contribution in [-0.2, 0) is 16.0 Å². The summed E-state index contributed by atoms with van der Waals surface area (Å²) in [5.41, 5.74) is 2.30. The fourth-order valence-corrected chi connectivity index (χ4v) is 3.98. The average Bonchev–Trinajstić information content (AvgIpc) is 2.80. The molecule has 7 nitrogen and oxygen atoms in total. The number of ether oxygens (including phenoxy) is 4. The molecule has 0 saturated heterocycles. The Morgan fingerprint density at radius 3 is 2.58 bits per heavy atom. The molecule has 1 atom stereocenters. The molecule has 2 aromatic carbocycles. The Hall–Kier alpha value is -3.48. The maximum absolute atomic E-state index is 13.6. The minimum Gasteiger partial charge on any atom is -0.486 e. The summed E-state index contributed by atoms with van der Waals surface area (Å²) in [6.07, 6.45) is 0.762. The molecule has 1 aliphatic heterocycles. The quantitative estimate of drug-likeness (QED) is 0.475. The van der Waals surface area contributed by atoms with Crippen molar-refractivity contribution in [2.24, 2.45) is 0 Å². The Bertz CT molecular complexity index is 1240. The number of fused-ring (bicyclic) bond motifs is 2. The van der Waals surface area contributed by atoms with E-state index in [1.54, 1.807) is 32.9 Å². The van der Waals surface area contributed by atoms with E-state index < -0.39 is 12.1 Å². The molecule has 4 rings (SSSR count). The summed E-state index contributed by atoms with van der Waals surface area (Å²) in [6, 6.07) is 8.95. The molecule has 0 bridgehead atoms. The van der Waals surface area contributed by atoms with Crippen LogP contribution in [0.4, 0.5) is 0 Å². The van der Waals surface area contributed by atoms with E-state index in [9.17, 15) is 9.59 Å². The van der Waals surface area contributed by atoms with E-state index in [0.29, 0.717) is 64.7 Å². The molecule has 0 amide bonds. The van der Waals surface area contributed by atoms with Gasteiger partial charge in [0.1, 0.15) is 30.3 Å². The summed E-state index contributed by atoms with van der Waals surface area (Å²) in [4.78, 5) is 25.6. The second-order valence-corrected chi connectivity index (χ2v) is 7.94.